The quantitative estimate of drug-likeness (QED) is 0.801. The van der Waals surface area contributed by atoms with Crippen LogP contribution in [0.25, 0.3) is 0 Å². The Hall–Kier alpha value is -1.55. The molecule has 1 aromatic rings. The fourth-order valence-electron chi connectivity index (χ4n) is 1.85. The van der Waals surface area contributed by atoms with Crippen molar-refractivity contribution in [1.82, 2.24) is 5.32 Å². The zero-order chi connectivity index (χ0) is 13.2. The van der Waals surface area contributed by atoms with Crippen LogP contribution >= 0.6 is 11.6 Å². The summed E-state index contributed by atoms with van der Waals surface area (Å²) in [6, 6.07) is 7.38. The monoisotopic (exact) mass is 267 g/mol. The Morgan fingerprint density at radius 1 is 1.39 bits per heavy atom. The highest BCUT2D eigenvalue weighted by Crippen LogP contribution is 2.45. The average molecular weight is 268 g/mol. The molecule has 0 aromatic heterocycles. The number of carbonyl (C=O) groups is 2. The summed E-state index contributed by atoms with van der Waals surface area (Å²) >= 11 is 5.85. The van der Waals surface area contributed by atoms with Crippen molar-refractivity contribution in [2.75, 3.05) is 6.54 Å². The number of carbonyl (C=O) groups excluding carboxylic acids is 1. The summed E-state index contributed by atoms with van der Waals surface area (Å²) in [5, 5.41) is 12.3. The lowest BCUT2D eigenvalue weighted by atomic mass is 10.1. The van der Waals surface area contributed by atoms with E-state index in [4.69, 9.17) is 16.7 Å². The van der Waals surface area contributed by atoms with Gasteiger partial charge in [0.15, 0.2) is 0 Å². The molecule has 1 saturated carbocycles. The summed E-state index contributed by atoms with van der Waals surface area (Å²) < 4.78 is 0. The Morgan fingerprint density at radius 3 is 2.67 bits per heavy atom. The van der Waals surface area contributed by atoms with Gasteiger partial charge in [-0.05, 0) is 37.0 Å². The number of amides is 1. The lowest BCUT2D eigenvalue weighted by molar-refractivity contribution is -0.149. The fraction of sp³-hybridized carbons (Fsp3) is 0.385. The van der Waals surface area contributed by atoms with Crippen LogP contribution < -0.4 is 5.32 Å². The molecule has 0 aliphatic heterocycles. The third-order valence-electron chi connectivity index (χ3n) is 3.18. The van der Waals surface area contributed by atoms with Gasteiger partial charge in [0.1, 0.15) is 5.41 Å². The van der Waals surface area contributed by atoms with Crippen molar-refractivity contribution in [2.24, 2.45) is 5.41 Å². The number of halogens is 1. The van der Waals surface area contributed by atoms with Gasteiger partial charge >= 0.3 is 5.97 Å². The molecule has 18 heavy (non-hydrogen) atoms. The molecule has 0 unspecified atom stereocenters. The van der Waals surface area contributed by atoms with Gasteiger partial charge in [-0.2, -0.15) is 0 Å². The van der Waals surface area contributed by atoms with Crippen molar-refractivity contribution >= 4 is 23.5 Å². The van der Waals surface area contributed by atoms with E-state index >= 15 is 0 Å². The van der Waals surface area contributed by atoms with Crippen LogP contribution in [0.3, 0.4) is 0 Å². The smallest absolute Gasteiger partial charge is 0.319 e. The zero-order valence-corrected chi connectivity index (χ0v) is 10.5. The molecule has 1 aliphatic rings. The van der Waals surface area contributed by atoms with Crippen molar-refractivity contribution in [3.63, 3.8) is 0 Å². The van der Waals surface area contributed by atoms with E-state index in [2.05, 4.69) is 5.32 Å². The van der Waals surface area contributed by atoms with E-state index in [1.54, 1.807) is 6.07 Å². The Bertz CT molecular complexity index is 483. The molecular formula is C13H14ClNO3. The van der Waals surface area contributed by atoms with Gasteiger partial charge in [-0.3, -0.25) is 9.59 Å². The van der Waals surface area contributed by atoms with Crippen molar-refractivity contribution < 1.29 is 14.7 Å². The van der Waals surface area contributed by atoms with Crippen LogP contribution in [-0.4, -0.2) is 23.5 Å². The summed E-state index contributed by atoms with van der Waals surface area (Å²) in [7, 11) is 0. The molecule has 0 saturated heterocycles. The standard InChI is InChI=1S/C13H14ClNO3/c14-10-3-1-2-9(8-10)4-7-15-11(16)13(5-6-13)12(17)18/h1-3,8H,4-7H2,(H,15,16)(H,17,18). The highest BCUT2D eigenvalue weighted by atomic mass is 35.5. The van der Waals surface area contributed by atoms with Crippen LogP contribution in [0, 0.1) is 5.41 Å². The number of benzene rings is 1. The summed E-state index contributed by atoms with van der Waals surface area (Å²) in [5.41, 5.74) is -0.142. The minimum absolute atomic E-state index is 0.378. The molecule has 0 radical (unpaired) electrons. The highest BCUT2D eigenvalue weighted by Gasteiger charge is 2.56. The second-order valence-electron chi connectivity index (χ2n) is 4.52. The molecule has 5 heteroatoms. The van der Waals surface area contributed by atoms with Gasteiger partial charge < -0.3 is 10.4 Å². The minimum atomic E-state index is -1.16. The first-order chi connectivity index (χ1) is 8.54. The highest BCUT2D eigenvalue weighted by molar-refractivity contribution is 6.30. The first-order valence-electron chi connectivity index (χ1n) is 5.81. The van der Waals surface area contributed by atoms with E-state index < -0.39 is 11.4 Å². The van der Waals surface area contributed by atoms with Crippen LogP contribution in [0.2, 0.25) is 5.02 Å². The number of nitrogens with one attached hydrogen (secondary N) is 1. The van der Waals surface area contributed by atoms with Gasteiger partial charge in [0.25, 0.3) is 0 Å². The molecule has 0 atom stereocenters. The molecule has 2 rings (SSSR count). The normalized spacial score (nSPS) is 16.1. The zero-order valence-electron chi connectivity index (χ0n) is 9.78. The first-order valence-corrected chi connectivity index (χ1v) is 6.18. The molecule has 0 bridgehead atoms. The van der Waals surface area contributed by atoms with E-state index in [9.17, 15) is 9.59 Å². The molecule has 1 aromatic carbocycles. The van der Waals surface area contributed by atoms with Crippen molar-refractivity contribution in [3.05, 3.63) is 34.9 Å². The van der Waals surface area contributed by atoms with Gasteiger partial charge in [-0.15, -0.1) is 0 Å². The average Bonchev–Trinajstić information content (AvgIpc) is 3.10. The number of aliphatic carboxylic acids is 1. The van der Waals surface area contributed by atoms with Crippen LogP contribution in [0.15, 0.2) is 24.3 Å². The predicted molar refractivity (Wildman–Crippen MR) is 67.5 cm³/mol. The van der Waals surface area contributed by atoms with Gasteiger partial charge in [-0.25, -0.2) is 0 Å². The number of carboxylic acid groups (broad SMARTS) is 1. The number of carboxylic acids is 1. The maximum Gasteiger partial charge on any atom is 0.319 e. The molecular weight excluding hydrogens is 254 g/mol. The maximum atomic E-state index is 11.7. The Balaban J connectivity index is 1.83. The fourth-order valence-corrected chi connectivity index (χ4v) is 2.06. The van der Waals surface area contributed by atoms with Crippen LogP contribution in [0.5, 0.6) is 0 Å². The van der Waals surface area contributed by atoms with E-state index in [1.165, 1.54) is 0 Å². The van der Waals surface area contributed by atoms with E-state index in [0.717, 1.165) is 5.56 Å². The van der Waals surface area contributed by atoms with E-state index in [1.807, 2.05) is 18.2 Å². The summed E-state index contributed by atoms with van der Waals surface area (Å²) in [5.74, 6) is -1.40. The number of hydrogen-bond donors (Lipinski definition) is 2. The predicted octanol–water partition coefficient (Wildman–Crippen LogP) is 1.86. The SMILES string of the molecule is O=C(O)C1(C(=O)NCCc2cccc(Cl)c2)CC1. The number of rotatable bonds is 5. The second-order valence-corrected chi connectivity index (χ2v) is 4.96. The van der Waals surface area contributed by atoms with Crippen LogP contribution in [-0.2, 0) is 16.0 Å². The summed E-state index contributed by atoms with van der Waals surface area (Å²) in [6.45, 7) is 0.425. The van der Waals surface area contributed by atoms with E-state index in [0.29, 0.717) is 30.8 Å². The van der Waals surface area contributed by atoms with Gasteiger partial charge in [0, 0.05) is 11.6 Å². The minimum Gasteiger partial charge on any atom is -0.480 e. The molecule has 1 amide bonds. The molecule has 4 nitrogen and oxygen atoms in total. The number of hydrogen-bond acceptors (Lipinski definition) is 2. The Kier molecular flexibility index (Phi) is 3.57. The van der Waals surface area contributed by atoms with Gasteiger partial charge in [0.2, 0.25) is 5.91 Å². The first kappa shape index (κ1) is 12.9. The van der Waals surface area contributed by atoms with Crippen LogP contribution in [0.1, 0.15) is 18.4 Å². The topological polar surface area (TPSA) is 66.4 Å². The molecule has 96 valence electrons. The molecule has 1 aliphatic carbocycles. The van der Waals surface area contributed by atoms with Crippen molar-refractivity contribution in [2.45, 2.75) is 19.3 Å². The largest absolute Gasteiger partial charge is 0.480 e. The third-order valence-corrected chi connectivity index (χ3v) is 3.42. The summed E-state index contributed by atoms with van der Waals surface area (Å²) in [6.07, 6.45) is 1.51. The second kappa shape index (κ2) is 4.98. The maximum absolute atomic E-state index is 11.7. The summed E-state index contributed by atoms with van der Waals surface area (Å²) in [4.78, 5) is 22.6. The molecule has 0 spiro atoms. The van der Waals surface area contributed by atoms with E-state index in [-0.39, 0.29) is 5.91 Å². The Labute approximate surface area is 110 Å². The van der Waals surface area contributed by atoms with Crippen molar-refractivity contribution in [3.8, 4) is 0 Å². The van der Waals surface area contributed by atoms with Gasteiger partial charge in [0.05, 0.1) is 0 Å². The Morgan fingerprint density at radius 2 is 2.11 bits per heavy atom. The van der Waals surface area contributed by atoms with Crippen molar-refractivity contribution in [1.29, 1.82) is 0 Å². The molecule has 2 N–H and O–H groups in total. The van der Waals surface area contributed by atoms with Crippen LogP contribution in [0.4, 0.5) is 0 Å². The third kappa shape index (κ3) is 2.64. The lowest BCUT2D eigenvalue weighted by Crippen LogP contribution is -2.37. The molecule has 1 fully saturated rings. The lowest BCUT2D eigenvalue weighted by Gasteiger charge is -2.10. The van der Waals surface area contributed by atoms with Gasteiger partial charge in [-0.1, -0.05) is 23.7 Å². The molecule has 0 heterocycles.